The van der Waals surface area contributed by atoms with E-state index in [-0.39, 0.29) is 5.91 Å². The molecule has 0 aliphatic carbocycles. The SMILES string of the molecule is Cc1noc(C)c1CCC(=O)N1CCC(c2ccccc2)CC1. The number of likely N-dealkylation sites (tertiary alicyclic amines) is 1. The molecule has 1 saturated heterocycles. The maximum absolute atomic E-state index is 12.4. The van der Waals surface area contributed by atoms with Gasteiger partial charge in [-0.2, -0.15) is 0 Å². The first kappa shape index (κ1) is 15.8. The van der Waals surface area contributed by atoms with E-state index in [1.54, 1.807) is 0 Å². The molecule has 0 unspecified atom stereocenters. The van der Waals surface area contributed by atoms with Gasteiger partial charge in [0.25, 0.3) is 0 Å². The second-order valence-electron chi connectivity index (χ2n) is 6.37. The molecule has 23 heavy (non-hydrogen) atoms. The number of amides is 1. The Morgan fingerprint density at radius 1 is 1.22 bits per heavy atom. The molecule has 1 aromatic carbocycles. The summed E-state index contributed by atoms with van der Waals surface area (Å²) in [7, 11) is 0. The van der Waals surface area contributed by atoms with Crippen LogP contribution in [0.2, 0.25) is 0 Å². The molecule has 0 atom stereocenters. The third-order valence-corrected chi connectivity index (χ3v) is 4.89. The van der Waals surface area contributed by atoms with Crippen LogP contribution >= 0.6 is 0 Å². The molecule has 0 bridgehead atoms. The normalized spacial score (nSPS) is 15.8. The van der Waals surface area contributed by atoms with Crippen molar-refractivity contribution in [1.29, 1.82) is 0 Å². The van der Waals surface area contributed by atoms with Crippen molar-refractivity contribution in [3.63, 3.8) is 0 Å². The summed E-state index contributed by atoms with van der Waals surface area (Å²) in [6.45, 7) is 5.56. The summed E-state index contributed by atoms with van der Waals surface area (Å²) < 4.78 is 5.16. The van der Waals surface area contributed by atoms with E-state index in [0.29, 0.717) is 12.3 Å². The quantitative estimate of drug-likeness (QED) is 0.866. The number of carbonyl (C=O) groups excluding carboxylic acids is 1. The van der Waals surface area contributed by atoms with E-state index in [9.17, 15) is 4.79 Å². The van der Waals surface area contributed by atoms with Gasteiger partial charge in [0.2, 0.25) is 5.91 Å². The number of benzene rings is 1. The highest BCUT2D eigenvalue weighted by atomic mass is 16.5. The van der Waals surface area contributed by atoms with E-state index in [4.69, 9.17) is 4.52 Å². The van der Waals surface area contributed by atoms with Crippen LogP contribution in [0.5, 0.6) is 0 Å². The fraction of sp³-hybridized carbons (Fsp3) is 0.474. The topological polar surface area (TPSA) is 46.3 Å². The van der Waals surface area contributed by atoms with Crippen molar-refractivity contribution in [3.05, 3.63) is 52.9 Å². The Balaban J connectivity index is 1.50. The summed E-state index contributed by atoms with van der Waals surface area (Å²) in [5, 5.41) is 3.95. The van der Waals surface area contributed by atoms with Gasteiger partial charge in [0, 0.05) is 25.1 Å². The van der Waals surface area contributed by atoms with E-state index < -0.39 is 0 Å². The van der Waals surface area contributed by atoms with Gasteiger partial charge in [-0.05, 0) is 44.6 Å². The van der Waals surface area contributed by atoms with E-state index in [0.717, 1.165) is 49.4 Å². The molecule has 1 aliphatic heterocycles. The lowest BCUT2D eigenvalue weighted by molar-refractivity contribution is -0.132. The maximum atomic E-state index is 12.4. The Kier molecular flexibility index (Phi) is 4.79. The van der Waals surface area contributed by atoms with E-state index >= 15 is 0 Å². The molecule has 2 heterocycles. The van der Waals surface area contributed by atoms with Gasteiger partial charge < -0.3 is 9.42 Å². The van der Waals surface area contributed by atoms with Crippen LogP contribution in [0, 0.1) is 13.8 Å². The lowest BCUT2D eigenvalue weighted by Crippen LogP contribution is -2.38. The molecule has 2 aromatic rings. The third kappa shape index (κ3) is 3.63. The predicted octanol–water partition coefficient (Wildman–Crippen LogP) is 3.63. The van der Waals surface area contributed by atoms with Gasteiger partial charge in [-0.25, -0.2) is 0 Å². The van der Waals surface area contributed by atoms with Gasteiger partial charge >= 0.3 is 0 Å². The number of piperidine rings is 1. The summed E-state index contributed by atoms with van der Waals surface area (Å²) in [4.78, 5) is 14.4. The Labute approximate surface area is 137 Å². The predicted molar refractivity (Wildman–Crippen MR) is 89.3 cm³/mol. The number of hydrogen-bond acceptors (Lipinski definition) is 3. The number of hydrogen-bond donors (Lipinski definition) is 0. The van der Waals surface area contributed by atoms with Gasteiger partial charge in [-0.1, -0.05) is 35.5 Å². The second kappa shape index (κ2) is 6.99. The largest absolute Gasteiger partial charge is 0.361 e. The van der Waals surface area contributed by atoms with Crippen LogP contribution in [0.15, 0.2) is 34.9 Å². The first-order valence-corrected chi connectivity index (χ1v) is 8.39. The van der Waals surface area contributed by atoms with Gasteiger partial charge in [0.05, 0.1) is 5.69 Å². The van der Waals surface area contributed by atoms with E-state index in [1.807, 2.05) is 18.7 Å². The molecular weight excluding hydrogens is 288 g/mol. The first-order valence-electron chi connectivity index (χ1n) is 8.39. The zero-order valence-corrected chi connectivity index (χ0v) is 13.9. The molecule has 4 nitrogen and oxygen atoms in total. The molecule has 1 amide bonds. The first-order chi connectivity index (χ1) is 11.1. The van der Waals surface area contributed by atoms with Crippen LogP contribution in [0.4, 0.5) is 0 Å². The lowest BCUT2D eigenvalue weighted by Gasteiger charge is -2.32. The van der Waals surface area contributed by atoms with Crippen molar-refractivity contribution >= 4 is 5.91 Å². The number of nitrogens with zero attached hydrogens (tertiary/aromatic N) is 2. The highest BCUT2D eigenvalue weighted by Crippen LogP contribution is 2.28. The summed E-state index contributed by atoms with van der Waals surface area (Å²) in [5.41, 5.74) is 3.38. The smallest absolute Gasteiger partial charge is 0.222 e. The Hall–Kier alpha value is -2.10. The number of rotatable bonds is 4. The standard InChI is InChI=1S/C19H24N2O2/c1-14-18(15(2)23-20-14)8-9-19(22)21-12-10-17(11-13-21)16-6-4-3-5-7-16/h3-7,17H,8-13H2,1-2H3. The van der Waals surface area contributed by atoms with Crippen LogP contribution in [0.25, 0.3) is 0 Å². The van der Waals surface area contributed by atoms with Crippen molar-refractivity contribution in [3.8, 4) is 0 Å². The van der Waals surface area contributed by atoms with E-state index in [1.165, 1.54) is 5.56 Å². The van der Waals surface area contributed by atoms with Crippen LogP contribution < -0.4 is 0 Å². The van der Waals surface area contributed by atoms with Crippen LogP contribution in [0.1, 0.15) is 47.8 Å². The number of aryl methyl sites for hydroxylation is 2. The summed E-state index contributed by atoms with van der Waals surface area (Å²) in [5.74, 6) is 1.66. The molecule has 4 heteroatoms. The molecule has 0 spiro atoms. The van der Waals surface area contributed by atoms with E-state index in [2.05, 4.69) is 35.5 Å². The summed E-state index contributed by atoms with van der Waals surface area (Å²) >= 11 is 0. The fourth-order valence-corrected chi connectivity index (χ4v) is 3.44. The molecule has 1 aromatic heterocycles. The van der Waals surface area contributed by atoms with Crippen molar-refractivity contribution in [2.24, 2.45) is 0 Å². The summed E-state index contributed by atoms with van der Waals surface area (Å²) in [6, 6.07) is 10.6. The fourth-order valence-electron chi connectivity index (χ4n) is 3.44. The zero-order valence-electron chi connectivity index (χ0n) is 13.9. The van der Waals surface area contributed by atoms with Crippen LogP contribution in [-0.4, -0.2) is 29.1 Å². The molecule has 3 rings (SSSR count). The zero-order chi connectivity index (χ0) is 16.2. The molecular formula is C19H24N2O2. The molecule has 1 fully saturated rings. The van der Waals surface area contributed by atoms with Gasteiger partial charge in [0.15, 0.2) is 0 Å². The minimum absolute atomic E-state index is 0.247. The average Bonchev–Trinajstić information content (AvgIpc) is 2.92. The minimum Gasteiger partial charge on any atom is -0.361 e. The monoisotopic (exact) mass is 312 g/mol. The van der Waals surface area contributed by atoms with Gasteiger partial charge in [0.1, 0.15) is 5.76 Å². The maximum Gasteiger partial charge on any atom is 0.222 e. The van der Waals surface area contributed by atoms with Crippen LogP contribution in [-0.2, 0) is 11.2 Å². The average molecular weight is 312 g/mol. The Morgan fingerprint density at radius 2 is 1.91 bits per heavy atom. The highest BCUT2D eigenvalue weighted by Gasteiger charge is 2.24. The molecule has 122 valence electrons. The van der Waals surface area contributed by atoms with Crippen molar-refractivity contribution < 1.29 is 9.32 Å². The number of aromatic nitrogens is 1. The van der Waals surface area contributed by atoms with Crippen LogP contribution in [0.3, 0.4) is 0 Å². The molecule has 0 saturated carbocycles. The van der Waals surface area contributed by atoms with Gasteiger partial charge in [-0.15, -0.1) is 0 Å². The highest BCUT2D eigenvalue weighted by molar-refractivity contribution is 5.76. The Bertz CT molecular complexity index is 636. The van der Waals surface area contributed by atoms with Crippen molar-refractivity contribution in [2.75, 3.05) is 13.1 Å². The third-order valence-electron chi connectivity index (χ3n) is 4.89. The number of carbonyl (C=O) groups is 1. The summed E-state index contributed by atoms with van der Waals surface area (Å²) in [6.07, 6.45) is 3.37. The molecule has 1 aliphatic rings. The minimum atomic E-state index is 0.247. The molecule has 0 N–H and O–H groups in total. The lowest BCUT2D eigenvalue weighted by atomic mass is 9.89. The molecule has 0 radical (unpaired) electrons. The van der Waals surface area contributed by atoms with Gasteiger partial charge in [-0.3, -0.25) is 4.79 Å². The second-order valence-corrected chi connectivity index (χ2v) is 6.37. The van der Waals surface area contributed by atoms with Crippen molar-refractivity contribution in [2.45, 2.75) is 45.4 Å². The van der Waals surface area contributed by atoms with Crippen molar-refractivity contribution in [1.82, 2.24) is 10.1 Å². The Morgan fingerprint density at radius 3 is 2.52 bits per heavy atom.